The molecule has 0 aliphatic carbocycles. The van der Waals surface area contributed by atoms with E-state index < -0.39 is 22.0 Å². The number of sulfonamides is 1. The van der Waals surface area contributed by atoms with Crippen LogP contribution in [0.25, 0.3) is 0 Å². The summed E-state index contributed by atoms with van der Waals surface area (Å²) in [7, 11) is -3.86. The number of carbonyl (C=O) groups is 2. The van der Waals surface area contributed by atoms with Gasteiger partial charge in [0.25, 0.3) is 5.91 Å². The molecule has 0 radical (unpaired) electrons. The van der Waals surface area contributed by atoms with Gasteiger partial charge in [-0.3, -0.25) is 9.59 Å². The largest absolute Gasteiger partial charge is 0.479 e. The molecule has 8 nitrogen and oxygen atoms in total. The Labute approximate surface area is 201 Å². The zero-order valence-corrected chi connectivity index (χ0v) is 21.0. The van der Waals surface area contributed by atoms with E-state index >= 15 is 0 Å². The van der Waals surface area contributed by atoms with E-state index in [1.807, 2.05) is 25.1 Å². The van der Waals surface area contributed by atoms with Crippen LogP contribution in [0.5, 0.6) is 5.75 Å². The fourth-order valence-electron chi connectivity index (χ4n) is 4.09. The first-order chi connectivity index (χ1) is 15.6. The van der Waals surface area contributed by atoms with E-state index in [9.17, 15) is 18.0 Å². The first-order valence-corrected chi connectivity index (χ1v) is 13.0. The van der Waals surface area contributed by atoms with Gasteiger partial charge in [0.05, 0.1) is 22.2 Å². The molecular weight excluding hydrogens is 510 g/mol. The minimum Gasteiger partial charge on any atom is -0.479 e. The summed E-state index contributed by atoms with van der Waals surface area (Å²) in [5.41, 5.74) is 2.68. The maximum Gasteiger partial charge on any atom is 0.265 e. The Morgan fingerprint density at radius 3 is 2.73 bits per heavy atom. The van der Waals surface area contributed by atoms with Crippen LogP contribution < -0.4 is 15.4 Å². The molecule has 4 rings (SSSR count). The van der Waals surface area contributed by atoms with Crippen molar-refractivity contribution < 1.29 is 22.7 Å². The van der Waals surface area contributed by atoms with Gasteiger partial charge in [-0.05, 0) is 78.9 Å². The van der Waals surface area contributed by atoms with Gasteiger partial charge in [0.2, 0.25) is 15.9 Å². The van der Waals surface area contributed by atoms with Crippen molar-refractivity contribution in [3.05, 3.63) is 45.9 Å². The molecule has 0 spiro atoms. The van der Waals surface area contributed by atoms with E-state index in [0.717, 1.165) is 10.0 Å². The van der Waals surface area contributed by atoms with E-state index in [2.05, 4.69) is 26.6 Å². The van der Waals surface area contributed by atoms with Crippen LogP contribution >= 0.6 is 15.9 Å². The molecule has 0 saturated carbocycles. The number of fused-ring (bicyclic) bond motifs is 1. The second-order valence-electron chi connectivity index (χ2n) is 8.54. The summed E-state index contributed by atoms with van der Waals surface area (Å²) < 4.78 is 34.8. The minimum absolute atomic E-state index is 0.0994. The Bertz CT molecular complexity index is 1230. The van der Waals surface area contributed by atoms with Crippen LogP contribution in [0.3, 0.4) is 0 Å². The lowest BCUT2D eigenvalue weighted by atomic mass is 9.98. The Hall–Kier alpha value is -2.43. The van der Waals surface area contributed by atoms with E-state index in [-0.39, 0.29) is 23.3 Å². The number of hydrogen-bond donors (Lipinski definition) is 2. The number of benzene rings is 2. The third kappa shape index (κ3) is 4.78. The fraction of sp³-hybridized carbons (Fsp3) is 0.391. The highest BCUT2D eigenvalue weighted by Gasteiger charge is 2.35. The number of halogens is 1. The van der Waals surface area contributed by atoms with Gasteiger partial charge in [0, 0.05) is 23.6 Å². The van der Waals surface area contributed by atoms with Gasteiger partial charge in [-0.15, -0.1) is 0 Å². The van der Waals surface area contributed by atoms with E-state index in [1.54, 1.807) is 19.9 Å². The Kier molecular flexibility index (Phi) is 6.52. The van der Waals surface area contributed by atoms with Crippen molar-refractivity contribution in [1.82, 2.24) is 4.31 Å². The molecule has 2 amide bonds. The Balaban J connectivity index is 1.54. The molecular formula is C23H26BrN3O5S. The first kappa shape index (κ1) is 23.7. The number of amides is 2. The summed E-state index contributed by atoms with van der Waals surface area (Å²) in [6, 6.07) is 8.71. The SMILES string of the molecule is Cc1ccc(NC(=O)[C@@H]2CCCN(S(=O)(=O)c3cc4c(cc3C)NC(=O)[C@H](C)O4)C2)c(Br)c1. The summed E-state index contributed by atoms with van der Waals surface area (Å²) in [5.74, 6) is -0.624. The molecule has 2 aliphatic rings. The third-order valence-electron chi connectivity index (χ3n) is 5.96. The standard InChI is InChI=1S/C23H26BrN3O5S/c1-13-6-7-18(17(24)9-13)25-23(29)16-5-4-8-27(12-16)33(30,31)21-11-20-19(10-14(21)2)26-22(28)15(3)32-20/h6-7,9-11,15-16H,4-5,8,12H2,1-3H3,(H,25,29)(H,26,28)/t15-,16+/m0/s1. The fourth-order valence-corrected chi connectivity index (χ4v) is 6.43. The molecule has 0 aromatic heterocycles. The number of ether oxygens (including phenoxy) is 1. The summed E-state index contributed by atoms with van der Waals surface area (Å²) in [6.45, 7) is 5.68. The number of aryl methyl sites for hydroxylation is 2. The zero-order valence-electron chi connectivity index (χ0n) is 18.6. The molecule has 1 fully saturated rings. The van der Waals surface area contributed by atoms with Crippen molar-refractivity contribution in [1.29, 1.82) is 0 Å². The monoisotopic (exact) mass is 535 g/mol. The smallest absolute Gasteiger partial charge is 0.265 e. The molecule has 0 bridgehead atoms. The molecule has 0 unspecified atom stereocenters. The highest BCUT2D eigenvalue weighted by atomic mass is 79.9. The van der Waals surface area contributed by atoms with Crippen LogP contribution in [-0.4, -0.2) is 43.7 Å². The second kappa shape index (κ2) is 9.08. The van der Waals surface area contributed by atoms with Gasteiger partial charge < -0.3 is 15.4 Å². The quantitative estimate of drug-likeness (QED) is 0.619. The first-order valence-electron chi connectivity index (χ1n) is 10.8. The average molecular weight is 536 g/mol. The molecule has 176 valence electrons. The number of nitrogens with zero attached hydrogens (tertiary/aromatic N) is 1. The van der Waals surface area contributed by atoms with E-state index in [0.29, 0.717) is 42.1 Å². The van der Waals surface area contributed by atoms with Crippen molar-refractivity contribution in [2.45, 2.75) is 44.6 Å². The highest BCUT2D eigenvalue weighted by molar-refractivity contribution is 9.10. The maximum absolute atomic E-state index is 13.5. The molecule has 2 atom stereocenters. The average Bonchev–Trinajstić information content (AvgIpc) is 2.76. The zero-order chi connectivity index (χ0) is 23.9. The van der Waals surface area contributed by atoms with Gasteiger partial charge in [-0.1, -0.05) is 6.07 Å². The molecule has 10 heteroatoms. The van der Waals surface area contributed by atoms with E-state index in [1.165, 1.54) is 10.4 Å². The van der Waals surface area contributed by atoms with Gasteiger partial charge >= 0.3 is 0 Å². The predicted octanol–water partition coefficient (Wildman–Crippen LogP) is 3.82. The van der Waals surface area contributed by atoms with Gasteiger partial charge in [-0.25, -0.2) is 8.42 Å². The molecule has 33 heavy (non-hydrogen) atoms. The number of carbonyl (C=O) groups excluding carboxylic acids is 2. The number of anilines is 2. The molecule has 2 N–H and O–H groups in total. The van der Waals surface area contributed by atoms with Crippen LogP contribution in [0.1, 0.15) is 30.9 Å². The lowest BCUT2D eigenvalue weighted by molar-refractivity contribution is -0.123. The molecule has 1 saturated heterocycles. The molecule has 2 aromatic carbocycles. The predicted molar refractivity (Wildman–Crippen MR) is 129 cm³/mol. The third-order valence-corrected chi connectivity index (χ3v) is 8.63. The van der Waals surface area contributed by atoms with Gasteiger partial charge in [0.1, 0.15) is 5.75 Å². The second-order valence-corrected chi connectivity index (χ2v) is 11.3. The molecule has 2 aromatic rings. The maximum atomic E-state index is 13.5. The number of nitrogens with one attached hydrogen (secondary N) is 2. The Morgan fingerprint density at radius 1 is 1.24 bits per heavy atom. The molecule has 2 aliphatic heterocycles. The summed E-state index contributed by atoms with van der Waals surface area (Å²) in [6.07, 6.45) is 0.483. The van der Waals surface area contributed by atoms with Gasteiger partial charge in [-0.2, -0.15) is 4.31 Å². The van der Waals surface area contributed by atoms with Crippen molar-refractivity contribution in [3.8, 4) is 5.75 Å². The van der Waals surface area contributed by atoms with Crippen LogP contribution in [0.2, 0.25) is 0 Å². The summed E-state index contributed by atoms with van der Waals surface area (Å²) >= 11 is 3.46. The Morgan fingerprint density at radius 2 is 2.00 bits per heavy atom. The molecule has 2 heterocycles. The van der Waals surface area contributed by atoms with Crippen molar-refractivity contribution >= 4 is 49.1 Å². The van der Waals surface area contributed by atoms with Gasteiger partial charge in [0.15, 0.2) is 6.10 Å². The topological polar surface area (TPSA) is 105 Å². The lowest BCUT2D eigenvalue weighted by Crippen LogP contribution is -2.44. The summed E-state index contributed by atoms with van der Waals surface area (Å²) in [5, 5.41) is 5.65. The van der Waals surface area contributed by atoms with Crippen LogP contribution in [0, 0.1) is 19.8 Å². The number of hydrogen-bond acceptors (Lipinski definition) is 5. The van der Waals surface area contributed by atoms with Crippen molar-refractivity contribution in [2.75, 3.05) is 23.7 Å². The van der Waals surface area contributed by atoms with Crippen LogP contribution in [0.4, 0.5) is 11.4 Å². The normalized spacial score (nSPS) is 21.0. The van der Waals surface area contributed by atoms with E-state index in [4.69, 9.17) is 4.74 Å². The lowest BCUT2D eigenvalue weighted by Gasteiger charge is -2.32. The van der Waals surface area contributed by atoms with Crippen molar-refractivity contribution in [3.63, 3.8) is 0 Å². The summed E-state index contributed by atoms with van der Waals surface area (Å²) in [4.78, 5) is 24.9. The minimum atomic E-state index is -3.86. The number of piperidine rings is 1. The highest BCUT2D eigenvalue weighted by Crippen LogP contribution is 2.36. The van der Waals surface area contributed by atoms with Crippen LogP contribution in [-0.2, 0) is 19.6 Å². The van der Waals surface area contributed by atoms with Crippen molar-refractivity contribution in [2.24, 2.45) is 5.92 Å². The number of rotatable bonds is 4. The van der Waals surface area contributed by atoms with Crippen LogP contribution in [0.15, 0.2) is 39.7 Å².